The minimum absolute atomic E-state index is 0.0749. The van der Waals surface area contributed by atoms with Crippen molar-refractivity contribution < 1.29 is 9.53 Å². The molecular formula is C19H23N3O2S. The summed E-state index contributed by atoms with van der Waals surface area (Å²) < 4.78 is 5.22. The maximum atomic E-state index is 11.6. The van der Waals surface area contributed by atoms with E-state index in [2.05, 4.69) is 26.9 Å². The van der Waals surface area contributed by atoms with E-state index >= 15 is 0 Å². The second kappa shape index (κ2) is 7.70. The summed E-state index contributed by atoms with van der Waals surface area (Å²) in [6.45, 7) is 7.34. The Morgan fingerprint density at radius 1 is 1.08 bits per heavy atom. The largest absolute Gasteiger partial charge is 0.497 e. The quantitative estimate of drug-likeness (QED) is 0.474. The molecule has 1 saturated heterocycles. The van der Waals surface area contributed by atoms with Crippen LogP contribution >= 0.6 is 11.3 Å². The standard InChI is InChI=1S/C19H23N3O2S/c1-14(23)19-18(8-13-25-19)20-15(2)21-9-11-22(12-10-21)16-4-6-17(24-3)7-5-16/h4-8,13H,9-12H2,1-3H3. The Morgan fingerprint density at radius 3 is 2.36 bits per heavy atom. The number of anilines is 1. The van der Waals surface area contributed by atoms with Crippen LogP contribution in [0.25, 0.3) is 0 Å². The molecule has 5 nitrogen and oxygen atoms in total. The number of thiophene rings is 1. The number of amidine groups is 1. The Bertz CT molecular complexity index is 759. The van der Waals surface area contributed by atoms with E-state index in [1.54, 1.807) is 14.0 Å². The van der Waals surface area contributed by atoms with E-state index in [0.29, 0.717) is 0 Å². The molecule has 0 aliphatic carbocycles. The topological polar surface area (TPSA) is 45.1 Å². The van der Waals surface area contributed by atoms with Gasteiger partial charge in [0.2, 0.25) is 0 Å². The number of Topliss-reactive ketones (excluding diaryl/α,β-unsaturated/α-hetero) is 1. The van der Waals surface area contributed by atoms with Crippen LogP contribution < -0.4 is 9.64 Å². The van der Waals surface area contributed by atoms with E-state index in [9.17, 15) is 4.79 Å². The van der Waals surface area contributed by atoms with Crippen LogP contribution in [0.5, 0.6) is 5.75 Å². The normalized spacial score (nSPS) is 15.4. The van der Waals surface area contributed by atoms with Crippen LogP contribution in [0, 0.1) is 0 Å². The molecule has 1 aliphatic rings. The fraction of sp³-hybridized carbons (Fsp3) is 0.368. The highest BCUT2D eigenvalue weighted by Gasteiger charge is 2.19. The number of ketones is 1. The molecule has 0 saturated carbocycles. The molecule has 1 aliphatic heterocycles. The van der Waals surface area contributed by atoms with Crippen molar-refractivity contribution in [2.75, 3.05) is 38.2 Å². The summed E-state index contributed by atoms with van der Waals surface area (Å²) in [4.78, 5) is 21.7. The van der Waals surface area contributed by atoms with Crippen molar-refractivity contribution in [1.82, 2.24) is 4.90 Å². The maximum Gasteiger partial charge on any atom is 0.171 e. The minimum atomic E-state index is 0.0749. The fourth-order valence-corrected chi connectivity index (χ4v) is 3.71. The summed E-state index contributed by atoms with van der Waals surface area (Å²) in [5.41, 5.74) is 2.00. The maximum absolute atomic E-state index is 11.6. The van der Waals surface area contributed by atoms with Crippen LogP contribution in [0.15, 0.2) is 40.7 Å². The highest BCUT2D eigenvalue weighted by Crippen LogP contribution is 2.26. The van der Waals surface area contributed by atoms with Crippen molar-refractivity contribution in [3.05, 3.63) is 40.6 Å². The highest BCUT2D eigenvalue weighted by atomic mass is 32.1. The van der Waals surface area contributed by atoms with Crippen molar-refractivity contribution in [2.24, 2.45) is 4.99 Å². The van der Waals surface area contributed by atoms with Gasteiger partial charge in [0.15, 0.2) is 5.78 Å². The summed E-state index contributed by atoms with van der Waals surface area (Å²) >= 11 is 1.45. The molecule has 3 rings (SSSR count). The lowest BCUT2D eigenvalue weighted by Gasteiger charge is -2.37. The van der Waals surface area contributed by atoms with E-state index in [4.69, 9.17) is 4.74 Å². The number of rotatable bonds is 4. The Kier molecular flexibility index (Phi) is 5.38. The van der Waals surface area contributed by atoms with Gasteiger partial charge in [-0.25, -0.2) is 4.99 Å². The van der Waals surface area contributed by atoms with E-state index in [1.165, 1.54) is 17.0 Å². The third-order valence-electron chi connectivity index (χ3n) is 4.42. The second-order valence-electron chi connectivity index (χ2n) is 6.02. The zero-order chi connectivity index (χ0) is 17.8. The van der Waals surface area contributed by atoms with Crippen molar-refractivity contribution in [3.8, 4) is 5.75 Å². The predicted molar refractivity (Wildman–Crippen MR) is 104 cm³/mol. The molecule has 0 unspecified atom stereocenters. The van der Waals surface area contributed by atoms with Gasteiger partial charge in [0.25, 0.3) is 0 Å². The SMILES string of the molecule is COc1ccc(N2CCN(C(C)=Nc3ccsc3C(C)=O)CC2)cc1. The summed E-state index contributed by atoms with van der Waals surface area (Å²) in [6, 6.07) is 10.1. The first-order chi connectivity index (χ1) is 12.1. The van der Waals surface area contributed by atoms with E-state index in [-0.39, 0.29) is 5.78 Å². The molecule has 2 heterocycles. The van der Waals surface area contributed by atoms with Gasteiger partial charge in [-0.2, -0.15) is 0 Å². The number of methoxy groups -OCH3 is 1. The van der Waals surface area contributed by atoms with Gasteiger partial charge >= 0.3 is 0 Å². The second-order valence-corrected chi connectivity index (χ2v) is 6.94. The monoisotopic (exact) mass is 357 g/mol. The van der Waals surface area contributed by atoms with E-state index in [1.807, 2.05) is 30.5 Å². The molecule has 1 fully saturated rings. The van der Waals surface area contributed by atoms with Crippen LogP contribution in [0.2, 0.25) is 0 Å². The Labute approximate surface area is 152 Å². The number of benzene rings is 1. The van der Waals surface area contributed by atoms with Gasteiger partial charge in [-0.05, 0) is 42.6 Å². The van der Waals surface area contributed by atoms with Gasteiger partial charge in [0.05, 0.1) is 17.7 Å². The zero-order valence-corrected chi connectivity index (χ0v) is 15.7. The van der Waals surface area contributed by atoms with Crippen molar-refractivity contribution >= 4 is 34.3 Å². The third kappa shape index (κ3) is 4.02. The smallest absolute Gasteiger partial charge is 0.171 e. The molecule has 1 aromatic carbocycles. The van der Waals surface area contributed by atoms with Crippen molar-refractivity contribution in [3.63, 3.8) is 0 Å². The van der Waals surface area contributed by atoms with Gasteiger partial charge in [-0.15, -0.1) is 11.3 Å². The lowest BCUT2D eigenvalue weighted by Crippen LogP contribution is -2.48. The van der Waals surface area contributed by atoms with Crippen LogP contribution in [0.1, 0.15) is 23.5 Å². The average molecular weight is 357 g/mol. The molecule has 0 N–H and O–H groups in total. The molecule has 0 radical (unpaired) electrons. The van der Waals surface area contributed by atoms with Crippen LogP contribution in [-0.4, -0.2) is 49.8 Å². The van der Waals surface area contributed by atoms with Crippen molar-refractivity contribution in [2.45, 2.75) is 13.8 Å². The average Bonchev–Trinajstić information content (AvgIpc) is 3.10. The molecular weight excluding hydrogens is 334 g/mol. The highest BCUT2D eigenvalue weighted by molar-refractivity contribution is 7.12. The lowest BCUT2D eigenvalue weighted by atomic mass is 10.2. The predicted octanol–water partition coefficient (Wildman–Crippen LogP) is 3.83. The summed E-state index contributed by atoms with van der Waals surface area (Å²) in [5.74, 6) is 1.92. The van der Waals surface area contributed by atoms with Crippen LogP contribution in [0.3, 0.4) is 0 Å². The lowest BCUT2D eigenvalue weighted by molar-refractivity contribution is 0.102. The third-order valence-corrected chi connectivity index (χ3v) is 5.43. The first kappa shape index (κ1) is 17.5. The van der Waals surface area contributed by atoms with Gasteiger partial charge in [-0.1, -0.05) is 0 Å². The number of hydrogen-bond acceptors (Lipinski definition) is 5. The fourth-order valence-electron chi connectivity index (χ4n) is 2.98. The summed E-state index contributed by atoms with van der Waals surface area (Å²) in [6.07, 6.45) is 0. The molecule has 0 bridgehead atoms. The minimum Gasteiger partial charge on any atom is -0.497 e. The van der Waals surface area contributed by atoms with Crippen molar-refractivity contribution in [1.29, 1.82) is 0 Å². The number of hydrogen-bond donors (Lipinski definition) is 0. The van der Waals surface area contributed by atoms with Gasteiger partial charge in [-0.3, -0.25) is 4.79 Å². The molecule has 0 atom stereocenters. The Hall–Kier alpha value is -2.34. The number of aliphatic imine (C=N–C) groups is 1. The Morgan fingerprint density at radius 2 is 1.76 bits per heavy atom. The first-order valence-electron chi connectivity index (χ1n) is 8.36. The summed E-state index contributed by atoms with van der Waals surface area (Å²) in [5, 5.41) is 1.92. The van der Waals surface area contributed by atoms with E-state index < -0.39 is 0 Å². The molecule has 25 heavy (non-hydrogen) atoms. The van der Waals surface area contributed by atoms with Gasteiger partial charge < -0.3 is 14.5 Å². The summed E-state index contributed by atoms with van der Waals surface area (Å²) in [7, 11) is 1.68. The van der Waals surface area contributed by atoms with Gasteiger partial charge in [0, 0.05) is 38.8 Å². The van der Waals surface area contributed by atoms with E-state index in [0.717, 1.165) is 48.3 Å². The number of piperazine rings is 1. The van der Waals surface area contributed by atoms with Crippen LogP contribution in [0.4, 0.5) is 11.4 Å². The first-order valence-corrected chi connectivity index (χ1v) is 9.24. The number of ether oxygens (including phenoxy) is 1. The zero-order valence-electron chi connectivity index (χ0n) is 14.9. The molecule has 0 amide bonds. The molecule has 1 aromatic heterocycles. The number of nitrogens with zero attached hydrogens (tertiary/aromatic N) is 3. The molecule has 132 valence electrons. The number of carbonyl (C=O) groups excluding carboxylic acids is 1. The molecule has 2 aromatic rings. The molecule has 0 spiro atoms. The Balaban J connectivity index is 1.64. The van der Waals surface area contributed by atoms with Gasteiger partial charge in [0.1, 0.15) is 11.6 Å². The molecule has 6 heteroatoms. The van der Waals surface area contributed by atoms with Crippen LogP contribution in [-0.2, 0) is 0 Å². The number of carbonyl (C=O) groups is 1.